The smallest absolute Gasteiger partial charge is 0.316 e. The van der Waals surface area contributed by atoms with Crippen LogP contribution in [0.25, 0.3) is 11.4 Å². The van der Waals surface area contributed by atoms with Crippen molar-refractivity contribution in [2.75, 3.05) is 13.9 Å². The summed E-state index contributed by atoms with van der Waals surface area (Å²) in [6, 6.07) is 12.6. The molecular formula is C18H15N3O5. The molecule has 4 rings (SSSR count). The molecule has 2 aromatic carbocycles. The summed E-state index contributed by atoms with van der Waals surface area (Å²) in [4.78, 5) is 16.3. The molecular weight excluding hydrogens is 338 g/mol. The zero-order valence-electron chi connectivity index (χ0n) is 13.9. The van der Waals surface area contributed by atoms with E-state index < -0.39 is 5.91 Å². The third-order valence-electron chi connectivity index (χ3n) is 3.86. The molecule has 132 valence electrons. The van der Waals surface area contributed by atoms with Crippen molar-refractivity contribution in [2.24, 2.45) is 0 Å². The molecule has 1 amide bonds. The van der Waals surface area contributed by atoms with E-state index in [1.165, 1.54) is 0 Å². The number of hydrogen-bond donors (Lipinski definition) is 1. The first-order chi connectivity index (χ1) is 12.7. The molecule has 1 N–H and O–H groups in total. The topological polar surface area (TPSA) is 95.7 Å². The number of aromatic nitrogens is 2. The highest BCUT2D eigenvalue weighted by Gasteiger charge is 2.17. The maximum atomic E-state index is 12.2. The van der Waals surface area contributed by atoms with Crippen LogP contribution in [0.1, 0.15) is 16.2 Å². The van der Waals surface area contributed by atoms with E-state index in [1.807, 2.05) is 12.1 Å². The molecule has 1 aromatic heterocycles. The van der Waals surface area contributed by atoms with Gasteiger partial charge in [-0.25, -0.2) is 0 Å². The van der Waals surface area contributed by atoms with Crippen molar-refractivity contribution < 1.29 is 23.5 Å². The van der Waals surface area contributed by atoms with E-state index >= 15 is 0 Å². The van der Waals surface area contributed by atoms with Gasteiger partial charge in [0.1, 0.15) is 5.75 Å². The standard InChI is InChI=1S/C18H15N3O5/c1-23-13-5-3-12(4-6-13)16-20-18(26-21-16)17(22)19-9-11-2-7-14-15(8-11)25-10-24-14/h2-8H,9-10H2,1H3,(H,19,22). The fourth-order valence-electron chi connectivity index (χ4n) is 2.48. The molecule has 8 heteroatoms. The lowest BCUT2D eigenvalue weighted by atomic mass is 10.2. The van der Waals surface area contributed by atoms with Crippen molar-refractivity contribution in [3.63, 3.8) is 0 Å². The number of hydrogen-bond acceptors (Lipinski definition) is 7. The van der Waals surface area contributed by atoms with Crippen LogP contribution in [0.15, 0.2) is 47.0 Å². The first-order valence-electron chi connectivity index (χ1n) is 7.88. The van der Waals surface area contributed by atoms with Crippen molar-refractivity contribution in [3.05, 3.63) is 53.9 Å². The number of carbonyl (C=O) groups excluding carboxylic acids is 1. The average Bonchev–Trinajstić information content (AvgIpc) is 3.35. The Morgan fingerprint density at radius 3 is 2.77 bits per heavy atom. The molecule has 0 atom stereocenters. The second-order valence-electron chi connectivity index (χ2n) is 5.52. The number of carbonyl (C=O) groups is 1. The number of nitrogens with zero attached hydrogens (tertiary/aromatic N) is 2. The van der Waals surface area contributed by atoms with E-state index in [0.29, 0.717) is 23.9 Å². The summed E-state index contributed by atoms with van der Waals surface area (Å²) >= 11 is 0. The fraction of sp³-hybridized carbons (Fsp3) is 0.167. The number of nitrogens with one attached hydrogen (secondary N) is 1. The summed E-state index contributed by atoms with van der Waals surface area (Å²) < 4.78 is 20.7. The van der Waals surface area contributed by atoms with Gasteiger partial charge in [0.25, 0.3) is 0 Å². The molecule has 26 heavy (non-hydrogen) atoms. The van der Waals surface area contributed by atoms with E-state index in [0.717, 1.165) is 16.9 Å². The highest BCUT2D eigenvalue weighted by atomic mass is 16.7. The second-order valence-corrected chi connectivity index (χ2v) is 5.52. The summed E-state index contributed by atoms with van der Waals surface area (Å²) in [5.41, 5.74) is 1.60. The Labute approximate surface area is 148 Å². The van der Waals surface area contributed by atoms with Gasteiger partial charge in [0.2, 0.25) is 12.6 Å². The van der Waals surface area contributed by atoms with Gasteiger partial charge < -0.3 is 24.1 Å². The summed E-state index contributed by atoms with van der Waals surface area (Å²) in [6.07, 6.45) is 0. The van der Waals surface area contributed by atoms with Gasteiger partial charge >= 0.3 is 11.8 Å². The zero-order valence-corrected chi connectivity index (χ0v) is 13.9. The van der Waals surface area contributed by atoms with E-state index in [4.69, 9.17) is 18.7 Å². The number of amides is 1. The lowest BCUT2D eigenvalue weighted by molar-refractivity contribution is 0.0907. The van der Waals surface area contributed by atoms with Crippen LogP contribution in [0.5, 0.6) is 17.2 Å². The van der Waals surface area contributed by atoms with Crippen LogP contribution in [0.2, 0.25) is 0 Å². The summed E-state index contributed by atoms with van der Waals surface area (Å²) in [5.74, 6) is 1.86. The molecule has 0 saturated carbocycles. The number of benzene rings is 2. The molecule has 0 radical (unpaired) electrons. The Hall–Kier alpha value is -3.55. The van der Waals surface area contributed by atoms with E-state index in [-0.39, 0.29) is 12.7 Å². The Morgan fingerprint density at radius 2 is 1.96 bits per heavy atom. The maximum absolute atomic E-state index is 12.2. The predicted octanol–water partition coefficient (Wildman–Crippen LogP) is 2.40. The minimum absolute atomic E-state index is 0.100. The van der Waals surface area contributed by atoms with Crippen LogP contribution >= 0.6 is 0 Å². The van der Waals surface area contributed by atoms with Crippen LogP contribution < -0.4 is 19.5 Å². The van der Waals surface area contributed by atoms with Gasteiger partial charge in [0.15, 0.2) is 11.5 Å². The minimum atomic E-state index is -0.449. The lowest BCUT2D eigenvalue weighted by Gasteiger charge is -2.03. The maximum Gasteiger partial charge on any atom is 0.316 e. The first-order valence-corrected chi connectivity index (χ1v) is 7.88. The van der Waals surface area contributed by atoms with Gasteiger partial charge in [-0.1, -0.05) is 11.2 Å². The highest BCUT2D eigenvalue weighted by molar-refractivity contribution is 5.89. The van der Waals surface area contributed by atoms with Gasteiger partial charge in [-0.05, 0) is 42.0 Å². The summed E-state index contributed by atoms with van der Waals surface area (Å²) in [6.45, 7) is 0.511. The molecule has 1 aliphatic heterocycles. The van der Waals surface area contributed by atoms with Crippen LogP contribution in [-0.4, -0.2) is 30.0 Å². The highest BCUT2D eigenvalue weighted by Crippen LogP contribution is 2.32. The molecule has 0 aliphatic carbocycles. The van der Waals surface area contributed by atoms with Crippen molar-refractivity contribution >= 4 is 5.91 Å². The average molecular weight is 353 g/mol. The number of fused-ring (bicyclic) bond motifs is 1. The van der Waals surface area contributed by atoms with Crippen LogP contribution in [0.3, 0.4) is 0 Å². The summed E-state index contributed by atoms with van der Waals surface area (Å²) in [7, 11) is 1.59. The third-order valence-corrected chi connectivity index (χ3v) is 3.86. The van der Waals surface area contributed by atoms with Crippen molar-refractivity contribution in [2.45, 2.75) is 6.54 Å². The third kappa shape index (κ3) is 3.16. The number of methoxy groups -OCH3 is 1. The van der Waals surface area contributed by atoms with Crippen LogP contribution in [0, 0.1) is 0 Å². The van der Waals surface area contributed by atoms with Crippen LogP contribution in [0.4, 0.5) is 0 Å². The minimum Gasteiger partial charge on any atom is -0.497 e. The fourth-order valence-corrected chi connectivity index (χ4v) is 2.48. The zero-order chi connectivity index (χ0) is 17.9. The lowest BCUT2D eigenvalue weighted by Crippen LogP contribution is -2.23. The van der Waals surface area contributed by atoms with Gasteiger partial charge in [-0.15, -0.1) is 0 Å². The Balaban J connectivity index is 1.41. The van der Waals surface area contributed by atoms with Gasteiger partial charge in [-0.2, -0.15) is 4.98 Å². The number of rotatable bonds is 5. The monoisotopic (exact) mass is 353 g/mol. The Morgan fingerprint density at radius 1 is 1.15 bits per heavy atom. The SMILES string of the molecule is COc1ccc(-c2noc(C(=O)NCc3ccc4c(c3)OCO4)n2)cc1. The second kappa shape index (κ2) is 6.75. The quantitative estimate of drug-likeness (QED) is 0.752. The van der Waals surface area contributed by atoms with Crippen LogP contribution in [-0.2, 0) is 6.54 Å². The molecule has 3 aromatic rings. The van der Waals surface area contributed by atoms with Gasteiger partial charge in [-0.3, -0.25) is 4.79 Å². The molecule has 0 fully saturated rings. The van der Waals surface area contributed by atoms with E-state index in [9.17, 15) is 4.79 Å². The number of ether oxygens (including phenoxy) is 3. The first kappa shape index (κ1) is 15.9. The Bertz CT molecular complexity index is 936. The van der Waals surface area contributed by atoms with Crippen molar-refractivity contribution in [1.82, 2.24) is 15.5 Å². The molecule has 2 heterocycles. The summed E-state index contributed by atoms with van der Waals surface area (Å²) in [5, 5.41) is 6.58. The molecule has 0 spiro atoms. The van der Waals surface area contributed by atoms with Crippen molar-refractivity contribution in [1.29, 1.82) is 0 Å². The van der Waals surface area contributed by atoms with Gasteiger partial charge in [0, 0.05) is 12.1 Å². The predicted molar refractivity (Wildman–Crippen MR) is 90.0 cm³/mol. The molecule has 8 nitrogen and oxygen atoms in total. The normalized spacial score (nSPS) is 12.0. The molecule has 0 bridgehead atoms. The molecule has 1 aliphatic rings. The van der Waals surface area contributed by atoms with Gasteiger partial charge in [0.05, 0.1) is 7.11 Å². The molecule has 0 unspecified atom stereocenters. The van der Waals surface area contributed by atoms with Crippen molar-refractivity contribution in [3.8, 4) is 28.6 Å². The molecule has 0 saturated heterocycles. The van der Waals surface area contributed by atoms with E-state index in [1.54, 1.807) is 37.4 Å². The largest absolute Gasteiger partial charge is 0.497 e. The van der Waals surface area contributed by atoms with E-state index in [2.05, 4.69) is 15.5 Å². The Kier molecular flexibility index (Phi) is 4.14.